The minimum Gasteiger partial charge on any atom is -0.463 e. The second-order valence-electron chi connectivity index (χ2n) is 6.10. The van der Waals surface area contributed by atoms with Gasteiger partial charge in [0.1, 0.15) is 18.8 Å². The van der Waals surface area contributed by atoms with Crippen LogP contribution in [-0.2, 0) is 47.7 Å². The van der Waals surface area contributed by atoms with E-state index in [2.05, 4.69) is 0 Å². The molecule has 0 spiro atoms. The molecule has 0 saturated carbocycles. The smallest absolute Gasteiger partial charge is 0.463 e. The van der Waals surface area contributed by atoms with Gasteiger partial charge in [-0.2, -0.15) is 13.2 Å². The van der Waals surface area contributed by atoms with Gasteiger partial charge in [0.05, 0.1) is 0 Å². The third-order valence-electron chi connectivity index (χ3n) is 3.54. The standard InChI is InChI=1S/C16H20F3NO10/c1-6(21)26-5-10-12(27-7(2)22)13(28-8(3)23)11(14(30-10)29-9(4)24)20-15(25)16(17,18)19/h10-14H,5H2,1-4H3,(H,20,25)/t10-,11+,12-,13-,14-/m1/s1. The van der Waals surface area contributed by atoms with Gasteiger partial charge in [-0.3, -0.25) is 24.0 Å². The monoisotopic (exact) mass is 443 g/mol. The van der Waals surface area contributed by atoms with Crippen LogP contribution in [0.4, 0.5) is 13.2 Å². The molecule has 0 radical (unpaired) electrons. The van der Waals surface area contributed by atoms with Crippen molar-refractivity contribution in [2.75, 3.05) is 6.61 Å². The van der Waals surface area contributed by atoms with E-state index in [1.165, 1.54) is 5.32 Å². The second kappa shape index (κ2) is 10.2. The molecule has 1 aliphatic rings. The lowest BCUT2D eigenvalue weighted by Gasteiger charge is -2.44. The molecule has 1 rings (SSSR count). The summed E-state index contributed by atoms with van der Waals surface area (Å²) >= 11 is 0. The first-order chi connectivity index (χ1) is 13.7. The molecular weight excluding hydrogens is 423 g/mol. The number of esters is 4. The summed E-state index contributed by atoms with van der Waals surface area (Å²) in [7, 11) is 0. The average Bonchev–Trinajstić information content (AvgIpc) is 2.56. The lowest BCUT2D eigenvalue weighted by Crippen LogP contribution is -2.67. The molecule has 1 fully saturated rings. The van der Waals surface area contributed by atoms with Crippen molar-refractivity contribution in [2.45, 2.75) is 64.5 Å². The summed E-state index contributed by atoms with van der Waals surface area (Å²) in [5.74, 6) is -6.20. The van der Waals surface area contributed by atoms with Gasteiger partial charge in [0.15, 0.2) is 12.2 Å². The Bertz CT molecular complexity index is 695. The van der Waals surface area contributed by atoms with Crippen LogP contribution in [0.5, 0.6) is 0 Å². The van der Waals surface area contributed by atoms with Gasteiger partial charge in [-0.25, -0.2) is 0 Å². The van der Waals surface area contributed by atoms with Gasteiger partial charge in [-0.1, -0.05) is 0 Å². The molecule has 0 aromatic rings. The van der Waals surface area contributed by atoms with Crippen molar-refractivity contribution in [2.24, 2.45) is 0 Å². The molecule has 0 aromatic heterocycles. The number of alkyl halides is 3. The molecule has 1 N–H and O–H groups in total. The molecule has 0 aromatic carbocycles. The summed E-state index contributed by atoms with van der Waals surface area (Å²) in [6.45, 7) is 3.22. The molecule has 14 heteroatoms. The Morgan fingerprint density at radius 3 is 1.77 bits per heavy atom. The number of nitrogens with one attached hydrogen (secondary N) is 1. The number of carbonyl (C=O) groups is 5. The number of hydrogen-bond acceptors (Lipinski definition) is 10. The Kier molecular flexibility index (Phi) is 8.57. The zero-order valence-electron chi connectivity index (χ0n) is 16.3. The van der Waals surface area contributed by atoms with Gasteiger partial charge in [0, 0.05) is 27.7 Å². The highest BCUT2D eigenvalue weighted by atomic mass is 19.4. The quantitative estimate of drug-likeness (QED) is 0.431. The van der Waals surface area contributed by atoms with Crippen LogP contribution >= 0.6 is 0 Å². The van der Waals surface area contributed by atoms with E-state index >= 15 is 0 Å². The maximum absolute atomic E-state index is 12.8. The highest BCUT2D eigenvalue weighted by Crippen LogP contribution is 2.29. The zero-order chi connectivity index (χ0) is 23.2. The first kappa shape index (κ1) is 25.1. The SMILES string of the molecule is CC(=O)OC[C@H]1O[C@@H](OC(C)=O)[C@@H](NC(=O)C(F)(F)F)[C@@H](OC(C)=O)[C@@H]1OC(C)=O. The van der Waals surface area contributed by atoms with Crippen molar-refractivity contribution in [3.63, 3.8) is 0 Å². The van der Waals surface area contributed by atoms with Crippen LogP contribution in [0.15, 0.2) is 0 Å². The van der Waals surface area contributed by atoms with E-state index in [1.54, 1.807) is 0 Å². The summed E-state index contributed by atoms with van der Waals surface area (Å²) in [6.07, 6.45) is -12.0. The molecule has 1 saturated heterocycles. The predicted octanol–water partition coefficient (Wildman–Crippen LogP) is -0.252. The van der Waals surface area contributed by atoms with Crippen molar-refractivity contribution < 1.29 is 60.8 Å². The van der Waals surface area contributed by atoms with E-state index in [4.69, 9.17) is 23.7 Å². The number of ether oxygens (including phenoxy) is 5. The summed E-state index contributed by atoms with van der Waals surface area (Å²) in [5.41, 5.74) is 0. The lowest BCUT2D eigenvalue weighted by atomic mass is 9.96. The molecule has 0 unspecified atom stereocenters. The Labute approximate surface area is 168 Å². The molecule has 1 amide bonds. The van der Waals surface area contributed by atoms with Gasteiger partial charge in [0.25, 0.3) is 0 Å². The zero-order valence-corrected chi connectivity index (χ0v) is 16.3. The van der Waals surface area contributed by atoms with E-state index in [9.17, 15) is 37.1 Å². The van der Waals surface area contributed by atoms with Crippen LogP contribution in [0.25, 0.3) is 0 Å². The summed E-state index contributed by atoms with van der Waals surface area (Å²) in [4.78, 5) is 57.0. The number of amides is 1. The van der Waals surface area contributed by atoms with Gasteiger partial charge < -0.3 is 29.0 Å². The van der Waals surface area contributed by atoms with E-state index in [0.29, 0.717) is 0 Å². The highest BCUT2D eigenvalue weighted by Gasteiger charge is 2.54. The molecule has 1 aliphatic heterocycles. The van der Waals surface area contributed by atoms with Crippen molar-refractivity contribution in [3.8, 4) is 0 Å². The minimum absolute atomic E-state index is 0.594. The molecule has 5 atom stereocenters. The molecular formula is C16H20F3NO10. The fraction of sp³-hybridized carbons (Fsp3) is 0.688. The average molecular weight is 443 g/mol. The Morgan fingerprint density at radius 1 is 0.833 bits per heavy atom. The van der Waals surface area contributed by atoms with Crippen molar-refractivity contribution in [1.29, 1.82) is 0 Å². The van der Waals surface area contributed by atoms with Crippen molar-refractivity contribution >= 4 is 29.8 Å². The third kappa shape index (κ3) is 7.50. The molecule has 0 aliphatic carbocycles. The minimum atomic E-state index is -5.34. The van der Waals surface area contributed by atoms with Crippen LogP contribution in [-0.4, -0.2) is 73.2 Å². The molecule has 1 heterocycles. The molecule has 11 nitrogen and oxygen atoms in total. The number of halogens is 3. The van der Waals surface area contributed by atoms with Gasteiger partial charge >= 0.3 is 36.0 Å². The summed E-state index contributed by atoms with van der Waals surface area (Å²) < 4.78 is 63.2. The van der Waals surface area contributed by atoms with E-state index in [-0.39, 0.29) is 0 Å². The summed E-state index contributed by atoms with van der Waals surface area (Å²) in [6, 6.07) is -1.91. The van der Waals surface area contributed by atoms with E-state index < -0.39 is 73.2 Å². The van der Waals surface area contributed by atoms with Crippen LogP contribution in [0.1, 0.15) is 27.7 Å². The maximum atomic E-state index is 12.8. The van der Waals surface area contributed by atoms with Crippen LogP contribution < -0.4 is 5.32 Å². The predicted molar refractivity (Wildman–Crippen MR) is 86.2 cm³/mol. The molecule has 30 heavy (non-hydrogen) atoms. The number of carbonyl (C=O) groups excluding carboxylic acids is 5. The topological polar surface area (TPSA) is 144 Å². The lowest BCUT2D eigenvalue weighted by molar-refractivity contribution is -0.272. The van der Waals surface area contributed by atoms with E-state index in [0.717, 1.165) is 27.7 Å². The van der Waals surface area contributed by atoms with Crippen molar-refractivity contribution in [1.82, 2.24) is 5.32 Å². The van der Waals surface area contributed by atoms with Gasteiger partial charge in [-0.15, -0.1) is 0 Å². The summed E-state index contributed by atoms with van der Waals surface area (Å²) in [5, 5.41) is 1.52. The van der Waals surface area contributed by atoms with Crippen molar-refractivity contribution in [3.05, 3.63) is 0 Å². The number of hydrogen-bond donors (Lipinski definition) is 1. The molecule has 0 bridgehead atoms. The van der Waals surface area contributed by atoms with Crippen LogP contribution in [0.2, 0.25) is 0 Å². The normalized spacial score (nSPS) is 26.2. The fourth-order valence-corrected chi connectivity index (χ4v) is 2.55. The third-order valence-corrected chi connectivity index (χ3v) is 3.54. The van der Waals surface area contributed by atoms with Crippen LogP contribution in [0.3, 0.4) is 0 Å². The second-order valence-corrected chi connectivity index (χ2v) is 6.10. The maximum Gasteiger partial charge on any atom is 0.471 e. The first-order valence-corrected chi connectivity index (χ1v) is 8.40. The fourth-order valence-electron chi connectivity index (χ4n) is 2.55. The number of rotatable bonds is 6. The molecule has 170 valence electrons. The van der Waals surface area contributed by atoms with Crippen LogP contribution in [0, 0.1) is 0 Å². The Balaban J connectivity index is 3.39. The van der Waals surface area contributed by atoms with E-state index in [1.807, 2.05) is 0 Å². The first-order valence-electron chi connectivity index (χ1n) is 8.40. The highest BCUT2D eigenvalue weighted by molar-refractivity contribution is 5.82. The Hall–Kier alpha value is -2.90. The Morgan fingerprint density at radius 2 is 1.33 bits per heavy atom. The van der Waals surface area contributed by atoms with Gasteiger partial charge in [0.2, 0.25) is 6.29 Å². The van der Waals surface area contributed by atoms with Gasteiger partial charge in [-0.05, 0) is 0 Å². The largest absolute Gasteiger partial charge is 0.471 e.